The predicted molar refractivity (Wildman–Crippen MR) is 89.3 cm³/mol. The van der Waals surface area contributed by atoms with E-state index in [1.165, 1.54) is 0 Å². The van der Waals surface area contributed by atoms with Gasteiger partial charge in [0.2, 0.25) is 0 Å². The molecular weight excluding hydrogens is 325 g/mol. The van der Waals surface area contributed by atoms with Gasteiger partial charge in [-0.25, -0.2) is 14.0 Å². The molecule has 0 aromatic heterocycles. The van der Waals surface area contributed by atoms with Crippen LogP contribution in [0.1, 0.15) is 30.9 Å². The summed E-state index contributed by atoms with van der Waals surface area (Å²) < 4.78 is 24.0. The first kappa shape index (κ1) is 17.2. The van der Waals surface area contributed by atoms with Gasteiger partial charge in [-0.2, -0.15) is 0 Å². The highest BCUT2D eigenvalue weighted by atomic mass is 19.1. The Morgan fingerprint density at radius 3 is 2.80 bits per heavy atom. The molecule has 0 saturated heterocycles. The highest BCUT2D eigenvalue weighted by molar-refractivity contribution is 6.01. The van der Waals surface area contributed by atoms with E-state index in [0.717, 1.165) is 17.5 Å². The Balaban J connectivity index is 2.22. The molecule has 3 rings (SSSR count). The fraction of sp³-hybridized carbons (Fsp3) is 0.368. The van der Waals surface area contributed by atoms with Crippen LogP contribution in [0.25, 0.3) is 0 Å². The van der Waals surface area contributed by atoms with Gasteiger partial charge in [0.25, 0.3) is 0 Å². The molecule has 1 unspecified atom stereocenters. The number of aryl methyl sites for hydroxylation is 1. The van der Waals surface area contributed by atoms with E-state index in [1.54, 1.807) is 6.92 Å². The van der Waals surface area contributed by atoms with Crippen LogP contribution in [-0.2, 0) is 25.5 Å². The van der Waals surface area contributed by atoms with Crippen LogP contribution < -0.4 is 5.32 Å². The Bertz CT molecular complexity index is 781. The third-order valence-electron chi connectivity index (χ3n) is 4.47. The Morgan fingerprint density at radius 2 is 2.12 bits per heavy atom. The van der Waals surface area contributed by atoms with Gasteiger partial charge >= 0.3 is 11.9 Å². The summed E-state index contributed by atoms with van der Waals surface area (Å²) in [6, 6.07) is 7.54. The quantitative estimate of drug-likeness (QED) is 0.831. The van der Waals surface area contributed by atoms with Crippen molar-refractivity contribution < 1.29 is 23.5 Å². The van der Waals surface area contributed by atoms with Crippen LogP contribution in [0.3, 0.4) is 0 Å². The molecule has 0 saturated carbocycles. The van der Waals surface area contributed by atoms with E-state index in [-0.39, 0.29) is 24.5 Å². The molecule has 0 amide bonds. The summed E-state index contributed by atoms with van der Waals surface area (Å²) in [5.41, 5.74) is 2.94. The topological polar surface area (TPSA) is 64.6 Å². The first-order valence-electron chi connectivity index (χ1n) is 8.33. The lowest BCUT2D eigenvalue weighted by Gasteiger charge is -2.29. The number of alkyl halides is 1. The monoisotopic (exact) mass is 345 g/mol. The number of carbonyl (C=O) groups is 2. The highest BCUT2D eigenvalue weighted by Gasteiger charge is 2.43. The molecule has 2 heterocycles. The lowest BCUT2D eigenvalue weighted by molar-refractivity contribution is -0.138. The number of ether oxygens (including phenoxy) is 2. The minimum Gasteiger partial charge on any atom is -0.463 e. The molecule has 1 aromatic rings. The molecule has 6 heteroatoms. The molecule has 0 radical (unpaired) electrons. The smallest absolute Gasteiger partial charge is 0.337 e. The van der Waals surface area contributed by atoms with Crippen molar-refractivity contribution in [1.29, 1.82) is 0 Å². The van der Waals surface area contributed by atoms with Gasteiger partial charge in [0.1, 0.15) is 13.3 Å². The van der Waals surface area contributed by atoms with Crippen LogP contribution in [0.15, 0.2) is 46.8 Å². The molecule has 0 bridgehead atoms. The number of hydrogen-bond donors (Lipinski definition) is 1. The molecule has 132 valence electrons. The van der Waals surface area contributed by atoms with Gasteiger partial charge in [0.15, 0.2) is 0 Å². The van der Waals surface area contributed by atoms with Crippen LogP contribution in [0.2, 0.25) is 0 Å². The van der Waals surface area contributed by atoms with E-state index in [0.29, 0.717) is 11.3 Å². The number of rotatable bonds is 5. The average Bonchev–Trinajstić information content (AvgIpc) is 3.01. The van der Waals surface area contributed by atoms with Crippen molar-refractivity contribution in [3.05, 3.63) is 57.9 Å². The van der Waals surface area contributed by atoms with Gasteiger partial charge < -0.3 is 14.8 Å². The molecule has 5 nitrogen and oxygen atoms in total. The zero-order valence-corrected chi connectivity index (χ0v) is 14.2. The maximum absolute atomic E-state index is 13.7. The summed E-state index contributed by atoms with van der Waals surface area (Å²) in [6.45, 7) is 3.04. The fourth-order valence-corrected chi connectivity index (χ4v) is 3.38. The van der Waals surface area contributed by atoms with E-state index in [2.05, 4.69) is 5.32 Å². The van der Waals surface area contributed by atoms with Crippen LogP contribution >= 0.6 is 0 Å². The molecule has 0 spiro atoms. The van der Waals surface area contributed by atoms with Gasteiger partial charge in [-0.05, 0) is 24.5 Å². The van der Waals surface area contributed by atoms with Gasteiger partial charge in [0.05, 0.1) is 35.1 Å². The number of nitrogens with one attached hydrogen (secondary N) is 1. The van der Waals surface area contributed by atoms with Gasteiger partial charge in [-0.15, -0.1) is 0 Å². The lowest BCUT2D eigenvalue weighted by Crippen LogP contribution is -2.32. The zero-order chi connectivity index (χ0) is 18.0. The van der Waals surface area contributed by atoms with Crippen molar-refractivity contribution in [2.75, 3.05) is 19.9 Å². The predicted octanol–water partition coefficient (Wildman–Crippen LogP) is 2.53. The molecule has 0 fully saturated rings. The Labute approximate surface area is 145 Å². The Hall–Kier alpha value is -2.63. The molecule has 2 aliphatic rings. The lowest BCUT2D eigenvalue weighted by atomic mass is 9.78. The third kappa shape index (κ3) is 2.92. The van der Waals surface area contributed by atoms with Crippen molar-refractivity contribution in [1.82, 2.24) is 5.32 Å². The second-order valence-electron chi connectivity index (χ2n) is 5.83. The molecule has 1 N–H and O–H groups in total. The van der Waals surface area contributed by atoms with Crippen molar-refractivity contribution in [2.24, 2.45) is 0 Å². The SMILES string of the molecule is CCOC(=O)C1=C(CF)NC2=C(C(=O)OC2)C1c1ccccc1CC. The zero-order valence-electron chi connectivity index (χ0n) is 14.2. The van der Waals surface area contributed by atoms with Crippen molar-refractivity contribution >= 4 is 11.9 Å². The Kier molecular flexibility index (Phi) is 4.88. The first-order valence-corrected chi connectivity index (χ1v) is 8.33. The summed E-state index contributed by atoms with van der Waals surface area (Å²) in [5.74, 6) is -1.80. The number of allylic oxidation sites excluding steroid dienone is 1. The maximum atomic E-state index is 13.7. The molecule has 1 aromatic carbocycles. The van der Waals surface area contributed by atoms with Gasteiger partial charge in [0, 0.05) is 0 Å². The molecule has 2 aliphatic heterocycles. The second kappa shape index (κ2) is 7.09. The summed E-state index contributed by atoms with van der Waals surface area (Å²) in [4.78, 5) is 24.9. The summed E-state index contributed by atoms with van der Waals surface area (Å²) in [6.07, 6.45) is 0.721. The van der Waals surface area contributed by atoms with Crippen molar-refractivity contribution in [2.45, 2.75) is 26.2 Å². The van der Waals surface area contributed by atoms with Gasteiger partial charge in [-0.3, -0.25) is 0 Å². The van der Waals surface area contributed by atoms with E-state index >= 15 is 0 Å². The highest BCUT2D eigenvalue weighted by Crippen LogP contribution is 2.42. The molecule has 1 atom stereocenters. The van der Waals surface area contributed by atoms with Crippen LogP contribution in [-0.4, -0.2) is 31.8 Å². The second-order valence-corrected chi connectivity index (χ2v) is 5.83. The summed E-state index contributed by atoms with van der Waals surface area (Å²) >= 11 is 0. The Morgan fingerprint density at radius 1 is 1.36 bits per heavy atom. The van der Waals surface area contributed by atoms with Gasteiger partial charge in [-0.1, -0.05) is 31.2 Å². The molecule has 25 heavy (non-hydrogen) atoms. The van der Waals surface area contributed by atoms with Crippen LogP contribution in [0.4, 0.5) is 4.39 Å². The minimum absolute atomic E-state index is 0.0541. The fourth-order valence-electron chi connectivity index (χ4n) is 3.38. The minimum atomic E-state index is -0.857. The van der Waals surface area contributed by atoms with E-state index in [4.69, 9.17) is 9.47 Å². The van der Waals surface area contributed by atoms with E-state index < -0.39 is 24.5 Å². The largest absolute Gasteiger partial charge is 0.463 e. The number of carbonyl (C=O) groups excluding carboxylic acids is 2. The number of benzene rings is 1. The van der Waals surface area contributed by atoms with Crippen molar-refractivity contribution in [3.63, 3.8) is 0 Å². The summed E-state index contributed by atoms with van der Waals surface area (Å²) in [7, 11) is 0. The molecule has 0 aliphatic carbocycles. The van der Waals surface area contributed by atoms with E-state index in [9.17, 15) is 14.0 Å². The third-order valence-corrected chi connectivity index (χ3v) is 4.47. The standard InChI is InChI=1S/C19H20FNO4/c1-3-11-7-5-6-8-12(11)15-16(18(22)24-4-2)13(9-20)21-14-10-25-19(23)17(14)15/h5-8,15,21H,3-4,9-10H2,1-2H3. The number of halogens is 1. The number of dihydropyridines is 1. The first-order chi connectivity index (χ1) is 12.1. The molecular formula is C19H20FNO4. The number of esters is 2. The average molecular weight is 345 g/mol. The van der Waals surface area contributed by atoms with Crippen LogP contribution in [0.5, 0.6) is 0 Å². The maximum Gasteiger partial charge on any atom is 0.337 e. The van der Waals surface area contributed by atoms with E-state index in [1.807, 2.05) is 31.2 Å². The number of hydrogen-bond acceptors (Lipinski definition) is 5. The van der Waals surface area contributed by atoms with Crippen LogP contribution in [0, 0.1) is 0 Å². The number of cyclic esters (lactones) is 1. The van der Waals surface area contributed by atoms with Crippen molar-refractivity contribution in [3.8, 4) is 0 Å². The summed E-state index contributed by atoms with van der Waals surface area (Å²) in [5, 5.41) is 2.86. The normalized spacial score (nSPS) is 19.5.